The zero-order valence-corrected chi connectivity index (χ0v) is 26.4. The Morgan fingerprint density at radius 1 is 0.588 bits per heavy atom. The number of aromatic hydroxyl groups is 4. The van der Waals surface area contributed by atoms with Crippen LogP contribution < -0.4 is 0 Å². The first kappa shape index (κ1) is 41.9. The quantitative estimate of drug-likeness (QED) is 0.0786. The van der Waals surface area contributed by atoms with Gasteiger partial charge < -0.3 is 76.2 Å². The van der Waals surface area contributed by atoms with Crippen molar-refractivity contribution in [2.45, 2.75) is 73.5 Å². The van der Waals surface area contributed by atoms with Crippen molar-refractivity contribution in [3.05, 3.63) is 59.7 Å². The number of carbonyl (C=O) groups excluding carboxylic acids is 2. The molecular formula is C32H38O19. The average Bonchev–Trinajstić information content (AvgIpc) is 3.03. The van der Waals surface area contributed by atoms with Crippen LogP contribution in [0.3, 0.4) is 0 Å². The van der Waals surface area contributed by atoms with Crippen molar-refractivity contribution in [1.29, 1.82) is 0 Å². The maximum Gasteiger partial charge on any atom is 0.335 e. The molecule has 0 saturated heterocycles. The molecule has 8 atom stereocenters. The van der Waals surface area contributed by atoms with Crippen LogP contribution in [-0.2, 0) is 28.7 Å². The van der Waals surface area contributed by atoms with E-state index in [2.05, 4.69) is 0 Å². The summed E-state index contributed by atoms with van der Waals surface area (Å²) < 4.78 is 9.85. The molecule has 2 aromatic rings. The summed E-state index contributed by atoms with van der Waals surface area (Å²) in [4.78, 5) is 45.8. The minimum absolute atomic E-state index is 0. The zero-order valence-electron chi connectivity index (χ0n) is 26.4. The fourth-order valence-corrected chi connectivity index (χ4v) is 5.07. The van der Waals surface area contributed by atoms with Crippen LogP contribution in [0.15, 0.2) is 48.6 Å². The molecule has 0 spiro atoms. The van der Waals surface area contributed by atoms with Crippen LogP contribution in [0.4, 0.5) is 0 Å². The van der Waals surface area contributed by atoms with Crippen molar-refractivity contribution < 1.29 is 95.4 Å². The second-order valence-electron chi connectivity index (χ2n) is 11.7. The Labute approximate surface area is 287 Å². The molecule has 0 amide bonds. The smallest absolute Gasteiger partial charge is 0.335 e. The summed E-state index contributed by atoms with van der Waals surface area (Å²) in [6.07, 6.45) is -6.88. The van der Waals surface area contributed by atoms with Gasteiger partial charge >= 0.3 is 23.9 Å². The van der Waals surface area contributed by atoms with Gasteiger partial charge in [0.25, 0.3) is 0 Å². The van der Waals surface area contributed by atoms with Gasteiger partial charge in [0, 0.05) is 37.8 Å². The molecular weight excluding hydrogens is 688 g/mol. The summed E-state index contributed by atoms with van der Waals surface area (Å²) in [5.41, 5.74) is -3.87. The lowest BCUT2D eigenvalue weighted by Crippen LogP contribution is -2.57. The van der Waals surface area contributed by atoms with Crippen molar-refractivity contribution in [1.82, 2.24) is 0 Å². The molecule has 2 aromatic carbocycles. The number of aliphatic hydroxyl groups excluding tert-OH is 4. The normalized spacial score (nSPS) is 28.9. The van der Waals surface area contributed by atoms with Crippen LogP contribution in [0.25, 0.3) is 12.2 Å². The van der Waals surface area contributed by atoms with Gasteiger partial charge in [-0.3, -0.25) is 0 Å². The fraction of sp³-hybridized carbons (Fsp3) is 0.375. The third kappa shape index (κ3) is 10.9. The Morgan fingerprint density at radius 2 is 0.922 bits per heavy atom. The van der Waals surface area contributed by atoms with E-state index in [4.69, 9.17) is 19.7 Å². The molecule has 19 nitrogen and oxygen atoms in total. The Bertz CT molecular complexity index is 1520. The molecule has 0 heterocycles. The third-order valence-corrected chi connectivity index (χ3v) is 7.88. The van der Waals surface area contributed by atoms with Gasteiger partial charge in [-0.15, -0.1) is 0 Å². The molecule has 4 rings (SSSR count). The highest BCUT2D eigenvalue weighted by Crippen LogP contribution is 2.33. The average molecular weight is 727 g/mol. The maximum absolute atomic E-state index is 11.8. The molecule has 0 aromatic heterocycles. The number of esters is 2. The molecule has 0 radical (unpaired) electrons. The summed E-state index contributed by atoms with van der Waals surface area (Å²) in [5, 5.41) is 114. The number of phenols is 4. The number of rotatable bonds is 8. The second kappa shape index (κ2) is 17.1. The number of ether oxygens (including phenoxy) is 2. The van der Waals surface area contributed by atoms with E-state index in [1.807, 2.05) is 0 Å². The van der Waals surface area contributed by atoms with Crippen molar-refractivity contribution in [3.63, 3.8) is 0 Å². The number of hydrogen-bond donors (Lipinski definition) is 12. The van der Waals surface area contributed by atoms with Crippen molar-refractivity contribution in [2.24, 2.45) is 0 Å². The lowest BCUT2D eigenvalue weighted by molar-refractivity contribution is -0.196. The lowest BCUT2D eigenvalue weighted by Gasteiger charge is -2.39. The van der Waals surface area contributed by atoms with Crippen LogP contribution in [0, 0.1) is 0 Å². The van der Waals surface area contributed by atoms with E-state index in [0.29, 0.717) is 11.1 Å². The summed E-state index contributed by atoms with van der Waals surface area (Å²) in [5.74, 6) is -6.49. The van der Waals surface area contributed by atoms with Gasteiger partial charge in [0.05, 0.1) is 12.2 Å². The van der Waals surface area contributed by atoms with Crippen molar-refractivity contribution in [3.8, 4) is 23.0 Å². The first-order valence-electron chi connectivity index (χ1n) is 14.7. The van der Waals surface area contributed by atoms with E-state index in [1.165, 1.54) is 48.6 Å². The molecule has 14 N–H and O–H groups in total. The van der Waals surface area contributed by atoms with Gasteiger partial charge in [0.1, 0.15) is 24.4 Å². The first-order valence-corrected chi connectivity index (χ1v) is 14.7. The number of aliphatic hydroxyl groups is 6. The van der Waals surface area contributed by atoms with Crippen LogP contribution >= 0.6 is 0 Å². The summed E-state index contributed by atoms with van der Waals surface area (Å²) in [6, 6.07) is 7.66. The fourth-order valence-electron chi connectivity index (χ4n) is 5.07. The highest BCUT2D eigenvalue weighted by Gasteiger charge is 2.51. The van der Waals surface area contributed by atoms with Gasteiger partial charge in [-0.2, -0.15) is 0 Å². The molecule has 0 unspecified atom stereocenters. The van der Waals surface area contributed by atoms with Gasteiger partial charge in [0.15, 0.2) is 34.2 Å². The Kier molecular flexibility index (Phi) is 14.0. The number of benzene rings is 2. The molecule has 280 valence electrons. The molecule has 51 heavy (non-hydrogen) atoms. The number of hydrogen-bond acceptors (Lipinski definition) is 16. The monoisotopic (exact) mass is 726 g/mol. The molecule has 2 saturated carbocycles. The summed E-state index contributed by atoms with van der Waals surface area (Å²) in [7, 11) is 0. The number of carboxylic acids is 2. The molecule has 0 aliphatic heterocycles. The largest absolute Gasteiger partial charge is 0.504 e. The molecule has 19 heteroatoms. The van der Waals surface area contributed by atoms with Crippen molar-refractivity contribution >= 4 is 36.0 Å². The topological polar surface area (TPSA) is 361 Å². The van der Waals surface area contributed by atoms with Gasteiger partial charge in [-0.1, -0.05) is 12.1 Å². The third-order valence-electron chi connectivity index (χ3n) is 7.88. The first-order chi connectivity index (χ1) is 23.2. The van der Waals surface area contributed by atoms with E-state index in [0.717, 1.165) is 12.2 Å². The number of carbonyl (C=O) groups is 4. The standard InChI is InChI=1S/2C16H18O9.H2O/c2*17-9-3-1-8(5-10(9)18)2-4-13(20)25-12-7-16(24,15(22)23)6-11(19)14(12)21;/h2*1-5,11-12,14,17-19,21,24H,6-7H2,(H,22,23);1H2/b2*4-2+;/t2*11-,12-,14-,16+;/m11./s1. The molecule has 0 bridgehead atoms. The minimum Gasteiger partial charge on any atom is -0.504 e. The van der Waals surface area contributed by atoms with E-state index in [-0.39, 0.29) is 28.5 Å². The Balaban J connectivity index is 0.000000347. The Morgan fingerprint density at radius 3 is 1.22 bits per heavy atom. The Hall–Kier alpha value is -5.28. The van der Waals surface area contributed by atoms with Crippen LogP contribution in [-0.4, -0.2) is 138 Å². The van der Waals surface area contributed by atoms with Gasteiger partial charge in [-0.25, -0.2) is 19.2 Å². The lowest BCUT2D eigenvalue weighted by atomic mass is 9.79. The minimum atomic E-state index is -2.31. The van der Waals surface area contributed by atoms with Crippen LogP contribution in [0.2, 0.25) is 0 Å². The van der Waals surface area contributed by atoms with E-state index >= 15 is 0 Å². The summed E-state index contributed by atoms with van der Waals surface area (Å²) >= 11 is 0. The highest BCUT2D eigenvalue weighted by atomic mass is 16.6. The van der Waals surface area contributed by atoms with Gasteiger partial charge in [0.2, 0.25) is 0 Å². The SMILES string of the molecule is O.O=C(/C=C/c1ccc(O)c(O)c1)O[C@@H]1C[C@](O)(C(=O)O)C[C@@H](O)[C@H]1O.O=C(/C=C/c1ccc(O)c(O)c1)O[C@@H]1C[C@](O)(C(=O)O)C[C@@H](O)[C@H]1O. The molecule has 2 fully saturated rings. The summed E-state index contributed by atoms with van der Waals surface area (Å²) in [6.45, 7) is 0. The number of aliphatic carboxylic acids is 2. The number of carboxylic acid groups (broad SMARTS) is 2. The van der Waals surface area contributed by atoms with Crippen LogP contribution in [0.5, 0.6) is 23.0 Å². The second-order valence-corrected chi connectivity index (χ2v) is 11.7. The molecule has 2 aliphatic carbocycles. The zero-order chi connectivity index (χ0) is 37.6. The van der Waals surface area contributed by atoms with E-state index < -0.39 is 97.4 Å². The van der Waals surface area contributed by atoms with Crippen molar-refractivity contribution in [2.75, 3.05) is 0 Å². The van der Waals surface area contributed by atoms with E-state index in [1.54, 1.807) is 0 Å². The van der Waals surface area contributed by atoms with E-state index in [9.17, 15) is 70.2 Å². The predicted octanol–water partition coefficient (Wildman–Crippen LogP) is -2.12. The van der Waals surface area contributed by atoms with Crippen LogP contribution in [0.1, 0.15) is 36.8 Å². The maximum atomic E-state index is 11.8. The highest BCUT2D eigenvalue weighted by molar-refractivity contribution is 5.88. The predicted molar refractivity (Wildman–Crippen MR) is 169 cm³/mol. The molecule has 2 aliphatic rings. The number of phenolic OH excluding ortho intramolecular Hbond substituents is 4. The van der Waals surface area contributed by atoms with Gasteiger partial charge in [-0.05, 0) is 47.5 Å².